The summed E-state index contributed by atoms with van der Waals surface area (Å²) in [6.45, 7) is 2.74. The normalized spacial score (nSPS) is 10.9. The molecule has 0 heterocycles. The number of hydrogen-bond acceptors (Lipinski definition) is 3. The number of nitrogens with one attached hydrogen (secondary N) is 2. The van der Waals surface area contributed by atoms with Gasteiger partial charge in [-0.05, 0) is 48.0 Å². The highest BCUT2D eigenvalue weighted by Gasteiger charge is 2.30. The molecule has 0 fully saturated rings. The van der Waals surface area contributed by atoms with Gasteiger partial charge in [0.1, 0.15) is 5.82 Å². The number of carboxylic acids is 1. The lowest BCUT2D eigenvalue weighted by Crippen LogP contribution is -2.38. The molecular formula is C13H14BrFN2O4. The highest BCUT2D eigenvalue weighted by Crippen LogP contribution is 2.23. The van der Waals surface area contributed by atoms with E-state index in [0.29, 0.717) is 4.47 Å². The molecule has 0 spiro atoms. The Kier molecular flexibility index (Phi) is 5.42. The number of halogens is 2. The summed E-state index contributed by atoms with van der Waals surface area (Å²) >= 11 is 3.12. The van der Waals surface area contributed by atoms with Gasteiger partial charge >= 0.3 is 12.0 Å². The Morgan fingerprint density at radius 2 is 1.95 bits per heavy atom. The third kappa shape index (κ3) is 5.14. The molecule has 0 atom stereocenters. The molecule has 1 aromatic carbocycles. The second-order valence-electron chi connectivity index (χ2n) is 4.99. The Balaban J connectivity index is 2.64. The van der Waals surface area contributed by atoms with E-state index in [4.69, 9.17) is 5.11 Å². The molecule has 6 nitrogen and oxygen atoms in total. The molecule has 3 N–H and O–H groups in total. The number of carbonyl (C=O) groups is 3. The Morgan fingerprint density at radius 3 is 2.52 bits per heavy atom. The molecule has 114 valence electrons. The van der Waals surface area contributed by atoms with Gasteiger partial charge in [0, 0.05) is 10.9 Å². The minimum Gasteiger partial charge on any atom is -0.481 e. The van der Waals surface area contributed by atoms with Crippen LogP contribution in [0.25, 0.3) is 0 Å². The van der Waals surface area contributed by atoms with E-state index < -0.39 is 29.1 Å². The fourth-order valence-corrected chi connectivity index (χ4v) is 1.74. The predicted octanol–water partition coefficient (Wildman–Crippen LogP) is 2.74. The first-order chi connectivity index (χ1) is 9.61. The number of amides is 3. The second-order valence-corrected chi connectivity index (χ2v) is 5.85. The minimum atomic E-state index is -1.29. The predicted molar refractivity (Wildman–Crippen MR) is 77.3 cm³/mol. The molecule has 0 unspecified atom stereocenters. The third-order valence-electron chi connectivity index (χ3n) is 2.61. The molecule has 3 amide bonds. The molecule has 0 aromatic heterocycles. The Hall–Kier alpha value is -1.96. The monoisotopic (exact) mass is 360 g/mol. The minimum absolute atomic E-state index is 0.151. The molecular weight excluding hydrogens is 347 g/mol. The van der Waals surface area contributed by atoms with Crippen LogP contribution in [-0.2, 0) is 9.59 Å². The summed E-state index contributed by atoms with van der Waals surface area (Å²) in [4.78, 5) is 34.1. The van der Waals surface area contributed by atoms with Crippen LogP contribution in [0.1, 0.15) is 20.3 Å². The molecule has 1 rings (SSSR count). The van der Waals surface area contributed by atoms with Crippen molar-refractivity contribution in [3.8, 4) is 0 Å². The van der Waals surface area contributed by atoms with Crippen molar-refractivity contribution in [3.05, 3.63) is 28.5 Å². The maximum atomic E-state index is 13.0. The second kappa shape index (κ2) is 6.66. The molecule has 0 radical (unpaired) electrons. The molecule has 0 aliphatic carbocycles. The van der Waals surface area contributed by atoms with E-state index in [9.17, 15) is 18.8 Å². The molecule has 21 heavy (non-hydrogen) atoms. The van der Waals surface area contributed by atoms with Crippen molar-refractivity contribution in [1.82, 2.24) is 5.32 Å². The van der Waals surface area contributed by atoms with Crippen molar-refractivity contribution in [3.63, 3.8) is 0 Å². The van der Waals surface area contributed by atoms with Crippen LogP contribution < -0.4 is 10.6 Å². The number of benzene rings is 1. The molecule has 0 bridgehead atoms. The van der Waals surface area contributed by atoms with Gasteiger partial charge in [-0.2, -0.15) is 0 Å². The number of imide groups is 1. The fraction of sp³-hybridized carbons (Fsp3) is 0.308. The first-order valence-electron chi connectivity index (χ1n) is 5.91. The molecule has 1 aromatic rings. The zero-order valence-corrected chi connectivity index (χ0v) is 13.0. The molecule has 8 heteroatoms. The van der Waals surface area contributed by atoms with Crippen molar-refractivity contribution in [1.29, 1.82) is 0 Å². The number of hydrogen-bond donors (Lipinski definition) is 3. The Morgan fingerprint density at radius 1 is 1.33 bits per heavy atom. The molecule has 0 aliphatic heterocycles. The van der Waals surface area contributed by atoms with Crippen molar-refractivity contribution < 1.29 is 23.9 Å². The van der Waals surface area contributed by atoms with Gasteiger partial charge in [0.05, 0.1) is 11.1 Å². The maximum absolute atomic E-state index is 13.0. The first kappa shape index (κ1) is 17.1. The number of urea groups is 1. The van der Waals surface area contributed by atoms with Gasteiger partial charge in [0.15, 0.2) is 0 Å². The summed E-state index contributed by atoms with van der Waals surface area (Å²) < 4.78 is 13.5. The zero-order chi connectivity index (χ0) is 16.2. The number of aliphatic carboxylic acids is 1. The number of carboxylic acid groups (broad SMARTS) is 1. The Bertz CT molecular complexity index is 590. The average molecular weight is 361 g/mol. The SMILES string of the molecule is CC(C)(CC(=O)NC(=O)Nc1cc(F)ccc1Br)C(=O)O. The molecule has 0 saturated heterocycles. The number of rotatable bonds is 4. The fourth-order valence-electron chi connectivity index (χ4n) is 1.39. The van der Waals surface area contributed by atoms with E-state index >= 15 is 0 Å². The largest absolute Gasteiger partial charge is 0.481 e. The smallest absolute Gasteiger partial charge is 0.325 e. The summed E-state index contributed by atoms with van der Waals surface area (Å²) in [5.41, 5.74) is -1.14. The summed E-state index contributed by atoms with van der Waals surface area (Å²) in [5.74, 6) is -2.44. The van der Waals surface area contributed by atoms with Crippen LogP contribution in [-0.4, -0.2) is 23.0 Å². The van der Waals surface area contributed by atoms with Gasteiger partial charge in [-0.3, -0.25) is 14.9 Å². The summed E-state index contributed by atoms with van der Waals surface area (Å²) in [5, 5.41) is 13.2. The van der Waals surface area contributed by atoms with E-state index in [0.717, 1.165) is 6.07 Å². The van der Waals surface area contributed by atoms with Crippen LogP contribution in [0.2, 0.25) is 0 Å². The number of anilines is 1. The van der Waals surface area contributed by atoms with E-state index in [-0.39, 0.29) is 12.1 Å². The van der Waals surface area contributed by atoms with Gasteiger partial charge in [0.25, 0.3) is 0 Å². The highest BCUT2D eigenvalue weighted by atomic mass is 79.9. The van der Waals surface area contributed by atoms with Gasteiger partial charge in [-0.1, -0.05) is 0 Å². The molecule has 0 saturated carbocycles. The van der Waals surface area contributed by atoms with Crippen LogP contribution in [0.4, 0.5) is 14.9 Å². The molecule has 0 aliphatic rings. The van der Waals surface area contributed by atoms with Gasteiger partial charge in [0.2, 0.25) is 5.91 Å². The van der Waals surface area contributed by atoms with E-state index in [1.54, 1.807) is 0 Å². The summed E-state index contributed by atoms with van der Waals surface area (Å²) in [7, 11) is 0. The summed E-state index contributed by atoms with van der Waals surface area (Å²) in [6.07, 6.45) is -0.361. The van der Waals surface area contributed by atoms with Crippen LogP contribution in [0, 0.1) is 11.2 Å². The summed E-state index contributed by atoms with van der Waals surface area (Å²) in [6, 6.07) is 2.82. The van der Waals surface area contributed by atoms with Gasteiger partial charge in [-0.25, -0.2) is 9.18 Å². The quantitative estimate of drug-likeness (QED) is 0.769. The zero-order valence-electron chi connectivity index (χ0n) is 11.4. The maximum Gasteiger partial charge on any atom is 0.325 e. The van der Waals surface area contributed by atoms with E-state index in [1.807, 2.05) is 5.32 Å². The first-order valence-corrected chi connectivity index (χ1v) is 6.70. The third-order valence-corrected chi connectivity index (χ3v) is 3.30. The van der Waals surface area contributed by atoms with Crippen molar-refractivity contribution >= 4 is 39.5 Å². The van der Waals surface area contributed by atoms with Crippen LogP contribution in [0.3, 0.4) is 0 Å². The van der Waals surface area contributed by atoms with Crippen molar-refractivity contribution in [2.45, 2.75) is 20.3 Å². The topological polar surface area (TPSA) is 95.5 Å². The lowest BCUT2D eigenvalue weighted by Gasteiger charge is -2.18. The lowest BCUT2D eigenvalue weighted by molar-refractivity contribution is -0.149. The van der Waals surface area contributed by atoms with Crippen LogP contribution in [0.15, 0.2) is 22.7 Å². The Labute approximate surface area is 128 Å². The van der Waals surface area contributed by atoms with Crippen molar-refractivity contribution in [2.24, 2.45) is 5.41 Å². The number of carbonyl (C=O) groups excluding carboxylic acids is 2. The van der Waals surface area contributed by atoms with Crippen LogP contribution in [0.5, 0.6) is 0 Å². The van der Waals surface area contributed by atoms with Gasteiger partial charge in [-0.15, -0.1) is 0 Å². The lowest BCUT2D eigenvalue weighted by atomic mass is 9.89. The highest BCUT2D eigenvalue weighted by molar-refractivity contribution is 9.10. The van der Waals surface area contributed by atoms with Crippen LogP contribution >= 0.6 is 15.9 Å². The van der Waals surface area contributed by atoms with Crippen molar-refractivity contribution in [2.75, 3.05) is 5.32 Å². The van der Waals surface area contributed by atoms with E-state index in [1.165, 1.54) is 26.0 Å². The average Bonchev–Trinajstić information content (AvgIpc) is 2.32. The standard InChI is InChI=1S/C13H14BrFN2O4/c1-13(2,11(19)20)6-10(18)17-12(21)16-9-5-7(15)3-4-8(9)14/h3-5H,6H2,1-2H3,(H,19,20)(H2,16,17,18,21). The van der Waals surface area contributed by atoms with E-state index in [2.05, 4.69) is 21.2 Å². The van der Waals surface area contributed by atoms with Gasteiger partial charge < -0.3 is 10.4 Å².